The predicted molar refractivity (Wildman–Crippen MR) is 207 cm³/mol. The number of fused-ring (bicyclic) bond motifs is 2. The maximum Gasteiger partial charge on any atom is 0.410 e. The standard InChI is InChI=1S/C43H43N7O4/c1-42(2,3)54-41(52)48-22-14-21-34(28-48)49-27-29-23-35-37(24-36(29)46-40(49)51)50(47-38(35)30-25-44-39(53-4)45-26-30)43(31-15-8-5-9-16-31,32-17-10-6-11-18-32)33-19-12-7-13-20-33/h5-13,15-20,23-26,34H,14,21-22,27-28H2,1-4H3,(H,46,51)/t34-/m1/s1. The van der Waals surface area contributed by atoms with Crippen LogP contribution in [0.15, 0.2) is 116 Å². The molecule has 11 nitrogen and oxygen atoms in total. The molecular weight excluding hydrogens is 679 g/mol. The Kier molecular flexibility index (Phi) is 9.01. The molecule has 0 aliphatic carbocycles. The minimum atomic E-state index is -0.917. The van der Waals surface area contributed by atoms with Crippen LogP contribution in [0.4, 0.5) is 15.3 Å². The van der Waals surface area contributed by atoms with Crippen LogP contribution in [-0.2, 0) is 16.8 Å². The van der Waals surface area contributed by atoms with E-state index in [1.165, 1.54) is 0 Å². The third-order valence-corrected chi connectivity index (χ3v) is 10.2. The fourth-order valence-electron chi connectivity index (χ4n) is 7.81. The first-order valence-electron chi connectivity index (χ1n) is 18.3. The largest absolute Gasteiger partial charge is 0.467 e. The lowest BCUT2D eigenvalue weighted by Crippen LogP contribution is -2.54. The molecule has 1 atom stereocenters. The Bertz CT molecular complexity index is 2190. The van der Waals surface area contributed by atoms with Crippen LogP contribution < -0.4 is 10.1 Å². The lowest BCUT2D eigenvalue weighted by atomic mass is 9.77. The number of aromatic nitrogens is 4. The highest BCUT2D eigenvalue weighted by Crippen LogP contribution is 2.45. The Morgan fingerprint density at radius 1 is 0.852 bits per heavy atom. The smallest absolute Gasteiger partial charge is 0.410 e. The van der Waals surface area contributed by atoms with Gasteiger partial charge in [-0.2, -0.15) is 5.10 Å². The van der Waals surface area contributed by atoms with Gasteiger partial charge in [0.15, 0.2) is 0 Å². The fraction of sp³-hybridized carbons (Fsp3) is 0.279. The zero-order valence-corrected chi connectivity index (χ0v) is 30.9. The third kappa shape index (κ3) is 6.29. The van der Waals surface area contributed by atoms with Crippen LogP contribution in [0.5, 0.6) is 6.01 Å². The number of likely N-dealkylation sites (tertiary alicyclic amines) is 1. The van der Waals surface area contributed by atoms with E-state index in [1.807, 2.05) is 86.3 Å². The van der Waals surface area contributed by atoms with E-state index in [9.17, 15) is 9.59 Å². The van der Waals surface area contributed by atoms with E-state index in [-0.39, 0.29) is 24.2 Å². The van der Waals surface area contributed by atoms with E-state index >= 15 is 0 Å². The zero-order valence-electron chi connectivity index (χ0n) is 30.9. The van der Waals surface area contributed by atoms with E-state index in [0.717, 1.165) is 51.6 Å². The van der Waals surface area contributed by atoms with Crippen molar-refractivity contribution in [1.29, 1.82) is 0 Å². The zero-order chi connectivity index (χ0) is 37.5. The highest BCUT2D eigenvalue weighted by atomic mass is 16.6. The molecule has 1 saturated heterocycles. The fourth-order valence-corrected chi connectivity index (χ4v) is 7.81. The molecule has 54 heavy (non-hydrogen) atoms. The summed E-state index contributed by atoms with van der Waals surface area (Å²) in [6, 6.07) is 35.2. The summed E-state index contributed by atoms with van der Waals surface area (Å²) < 4.78 is 13.1. The second-order valence-corrected chi connectivity index (χ2v) is 14.8. The average molecular weight is 722 g/mol. The SMILES string of the molecule is COc1ncc(-c2nn(C(c3ccccc3)(c3ccccc3)c3ccccc3)c3cc4c(cc23)CN([C@@H]2CCCN(C(=O)OC(C)(C)C)C2)C(=O)N4)cn1. The quantitative estimate of drug-likeness (QED) is 0.166. The molecule has 4 heterocycles. The summed E-state index contributed by atoms with van der Waals surface area (Å²) in [7, 11) is 1.54. The summed E-state index contributed by atoms with van der Waals surface area (Å²) in [5.41, 5.74) is 5.42. The maximum atomic E-state index is 14.0. The number of urea groups is 1. The van der Waals surface area contributed by atoms with E-state index in [4.69, 9.17) is 14.6 Å². The van der Waals surface area contributed by atoms with Gasteiger partial charge in [-0.3, -0.25) is 0 Å². The van der Waals surface area contributed by atoms with Gasteiger partial charge in [-0.25, -0.2) is 24.2 Å². The number of nitrogens with one attached hydrogen (secondary N) is 1. The molecule has 0 spiro atoms. The Hall–Kier alpha value is -6.23. The number of rotatable bonds is 7. The number of amides is 3. The number of methoxy groups -OCH3 is 1. The van der Waals surface area contributed by atoms with Crippen molar-refractivity contribution in [2.24, 2.45) is 0 Å². The second-order valence-electron chi connectivity index (χ2n) is 14.8. The first-order chi connectivity index (χ1) is 26.2. The molecule has 2 aromatic heterocycles. The van der Waals surface area contributed by atoms with Gasteiger partial charge in [0.25, 0.3) is 0 Å². The summed E-state index contributed by atoms with van der Waals surface area (Å²) in [6.07, 6.45) is 4.66. The number of anilines is 1. The molecule has 6 aromatic rings. The topological polar surface area (TPSA) is 115 Å². The van der Waals surface area contributed by atoms with Gasteiger partial charge >= 0.3 is 18.1 Å². The van der Waals surface area contributed by atoms with Crippen molar-refractivity contribution in [2.75, 3.05) is 25.5 Å². The van der Waals surface area contributed by atoms with Gasteiger partial charge in [-0.15, -0.1) is 0 Å². The van der Waals surface area contributed by atoms with Crippen LogP contribution in [0.3, 0.4) is 0 Å². The summed E-state index contributed by atoms with van der Waals surface area (Å²) in [6.45, 7) is 6.95. The molecule has 1 fully saturated rings. The molecule has 4 aromatic carbocycles. The minimum Gasteiger partial charge on any atom is -0.467 e. The molecule has 11 heteroatoms. The number of carbonyl (C=O) groups excluding carboxylic acids is 2. The van der Waals surface area contributed by atoms with Crippen LogP contribution in [0.25, 0.3) is 22.2 Å². The minimum absolute atomic E-state index is 0.172. The summed E-state index contributed by atoms with van der Waals surface area (Å²) >= 11 is 0. The molecule has 0 saturated carbocycles. The Balaban J connectivity index is 1.31. The molecule has 274 valence electrons. The van der Waals surface area contributed by atoms with E-state index < -0.39 is 11.1 Å². The van der Waals surface area contributed by atoms with Crippen LogP contribution in [0, 0.1) is 0 Å². The monoisotopic (exact) mass is 721 g/mol. The number of hydrogen-bond acceptors (Lipinski definition) is 7. The number of ether oxygens (including phenoxy) is 2. The highest BCUT2D eigenvalue weighted by molar-refractivity contribution is 6.00. The number of benzene rings is 4. The van der Waals surface area contributed by atoms with Crippen molar-refractivity contribution in [2.45, 2.75) is 57.3 Å². The van der Waals surface area contributed by atoms with Crippen LogP contribution in [0.2, 0.25) is 0 Å². The molecule has 0 unspecified atom stereocenters. The maximum absolute atomic E-state index is 14.0. The lowest BCUT2D eigenvalue weighted by Gasteiger charge is -2.41. The van der Waals surface area contributed by atoms with Crippen LogP contribution >= 0.6 is 0 Å². The number of hydrogen-bond donors (Lipinski definition) is 1. The predicted octanol–water partition coefficient (Wildman–Crippen LogP) is 8.09. The molecule has 2 aliphatic heterocycles. The summed E-state index contributed by atoms with van der Waals surface area (Å²) in [5, 5.41) is 9.58. The molecular formula is C43H43N7O4. The van der Waals surface area contributed by atoms with Crippen molar-refractivity contribution in [1.82, 2.24) is 29.5 Å². The van der Waals surface area contributed by atoms with Crippen molar-refractivity contribution in [3.63, 3.8) is 0 Å². The van der Waals surface area contributed by atoms with Crippen LogP contribution in [-0.4, -0.2) is 73.5 Å². The van der Waals surface area contributed by atoms with E-state index in [0.29, 0.717) is 31.0 Å². The number of piperidine rings is 1. The van der Waals surface area contributed by atoms with Gasteiger partial charge in [-0.1, -0.05) is 91.0 Å². The summed E-state index contributed by atoms with van der Waals surface area (Å²) in [5.74, 6) is 0. The molecule has 0 bridgehead atoms. The van der Waals surface area contributed by atoms with Crippen molar-refractivity contribution >= 4 is 28.7 Å². The molecule has 2 aliphatic rings. The normalized spacial score (nSPS) is 16.1. The number of nitrogens with zero attached hydrogens (tertiary/aromatic N) is 6. The lowest BCUT2D eigenvalue weighted by molar-refractivity contribution is 0.0131. The molecule has 1 N–H and O–H groups in total. The van der Waals surface area contributed by atoms with Gasteiger partial charge < -0.3 is 24.6 Å². The average Bonchev–Trinajstić information content (AvgIpc) is 3.56. The van der Waals surface area contributed by atoms with Crippen molar-refractivity contribution < 1.29 is 19.1 Å². The Morgan fingerprint density at radius 2 is 1.44 bits per heavy atom. The summed E-state index contributed by atoms with van der Waals surface area (Å²) in [4.78, 5) is 39.4. The van der Waals surface area contributed by atoms with Crippen molar-refractivity contribution in [3.05, 3.63) is 138 Å². The van der Waals surface area contributed by atoms with Gasteiger partial charge in [-0.05, 0) is 68.0 Å². The van der Waals surface area contributed by atoms with Gasteiger partial charge in [0.05, 0.1) is 18.7 Å². The van der Waals surface area contributed by atoms with Gasteiger partial charge in [0.2, 0.25) is 0 Å². The Labute approximate surface area is 314 Å². The highest BCUT2D eigenvalue weighted by Gasteiger charge is 2.42. The van der Waals surface area contributed by atoms with Crippen molar-refractivity contribution in [3.8, 4) is 17.3 Å². The van der Waals surface area contributed by atoms with Crippen LogP contribution in [0.1, 0.15) is 55.9 Å². The first kappa shape index (κ1) is 34.8. The first-order valence-corrected chi connectivity index (χ1v) is 18.3. The molecule has 3 amide bonds. The van der Waals surface area contributed by atoms with Gasteiger partial charge in [0, 0.05) is 48.7 Å². The molecule has 0 radical (unpaired) electrons. The molecule has 8 rings (SSSR count). The number of carbonyl (C=O) groups is 2. The second kappa shape index (κ2) is 14.0. The van der Waals surface area contributed by atoms with Gasteiger partial charge in [0.1, 0.15) is 16.8 Å². The van der Waals surface area contributed by atoms with E-state index in [1.54, 1.807) is 24.4 Å². The van der Waals surface area contributed by atoms with E-state index in [2.05, 4.69) is 62.4 Å². The third-order valence-electron chi connectivity index (χ3n) is 10.2. The Morgan fingerprint density at radius 3 is 2.00 bits per heavy atom.